The van der Waals surface area contributed by atoms with E-state index in [1.807, 2.05) is 13.8 Å². The predicted molar refractivity (Wildman–Crippen MR) is 67.2 cm³/mol. The van der Waals surface area contributed by atoms with Crippen LogP contribution >= 0.6 is 0 Å². The molecule has 0 aliphatic heterocycles. The molecule has 0 saturated heterocycles. The SMILES string of the molecule is COC(=O)c1cc(C(=O)OCC(C)C)cc(OC)n1. The Hall–Kier alpha value is -2.11. The second kappa shape index (κ2) is 6.72. The highest BCUT2D eigenvalue weighted by molar-refractivity contribution is 5.94. The maximum atomic E-state index is 11.8. The van der Waals surface area contributed by atoms with Crippen molar-refractivity contribution in [1.29, 1.82) is 0 Å². The number of carbonyl (C=O) groups is 2. The van der Waals surface area contributed by atoms with Crippen LogP contribution in [0.15, 0.2) is 12.1 Å². The van der Waals surface area contributed by atoms with Crippen molar-refractivity contribution in [3.8, 4) is 5.88 Å². The molecular weight excluding hydrogens is 250 g/mol. The first-order valence-electron chi connectivity index (χ1n) is 5.79. The third kappa shape index (κ3) is 4.24. The summed E-state index contributed by atoms with van der Waals surface area (Å²) >= 11 is 0. The third-order valence-corrected chi connectivity index (χ3v) is 2.19. The van der Waals surface area contributed by atoms with Gasteiger partial charge in [0.15, 0.2) is 5.69 Å². The minimum absolute atomic E-state index is 0.00153. The Kier molecular flexibility index (Phi) is 5.29. The summed E-state index contributed by atoms with van der Waals surface area (Å²) in [6.07, 6.45) is 0. The Labute approximate surface area is 111 Å². The number of pyridine rings is 1. The maximum Gasteiger partial charge on any atom is 0.356 e. The highest BCUT2D eigenvalue weighted by atomic mass is 16.5. The number of carbonyl (C=O) groups excluding carboxylic acids is 2. The molecule has 0 aliphatic carbocycles. The zero-order valence-corrected chi connectivity index (χ0v) is 11.4. The van der Waals surface area contributed by atoms with Gasteiger partial charge in [-0.15, -0.1) is 0 Å². The summed E-state index contributed by atoms with van der Waals surface area (Å²) in [6.45, 7) is 4.16. The van der Waals surface area contributed by atoms with Gasteiger partial charge in [-0.25, -0.2) is 14.6 Å². The monoisotopic (exact) mass is 267 g/mol. The lowest BCUT2D eigenvalue weighted by Gasteiger charge is -2.09. The summed E-state index contributed by atoms with van der Waals surface area (Å²) < 4.78 is 14.6. The predicted octanol–water partition coefficient (Wildman–Crippen LogP) is 1.69. The average Bonchev–Trinajstić information content (AvgIpc) is 2.42. The lowest BCUT2D eigenvalue weighted by molar-refractivity contribution is 0.0458. The van der Waals surface area contributed by atoms with Crippen LogP contribution in [0.1, 0.15) is 34.7 Å². The molecule has 0 unspecified atom stereocenters. The molecule has 1 aromatic heterocycles. The highest BCUT2D eigenvalue weighted by Crippen LogP contribution is 2.14. The van der Waals surface area contributed by atoms with E-state index in [2.05, 4.69) is 9.72 Å². The van der Waals surface area contributed by atoms with E-state index >= 15 is 0 Å². The number of aromatic nitrogens is 1. The standard InChI is InChI=1S/C13H17NO5/c1-8(2)7-19-12(15)9-5-10(13(16)18-4)14-11(6-9)17-3/h5-6,8H,7H2,1-4H3. The van der Waals surface area contributed by atoms with Crippen LogP contribution < -0.4 is 4.74 Å². The number of rotatable bonds is 5. The topological polar surface area (TPSA) is 74.7 Å². The summed E-state index contributed by atoms with van der Waals surface area (Å²) in [4.78, 5) is 27.1. The molecule has 0 N–H and O–H groups in total. The summed E-state index contributed by atoms with van der Waals surface area (Å²) in [5.41, 5.74) is 0.200. The van der Waals surface area contributed by atoms with E-state index in [1.165, 1.54) is 26.4 Å². The molecule has 1 rings (SSSR count). The number of ether oxygens (including phenoxy) is 3. The van der Waals surface area contributed by atoms with Crippen LogP contribution in [0.3, 0.4) is 0 Å². The molecule has 0 bridgehead atoms. The van der Waals surface area contributed by atoms with Gasteiger partial charge >= 0.3 is 11.9 Å². The van der Waals surface area contributed by atoms with Crippen molar-refractivity contribution < 1.29 is 23.8 Å². The fourth-order valence-corrected chi connectivity index (χ4v) is 1.26. The third-order valence-electron chi connectivity index (χ3n) is 2.19. The van der Waals surface area contributed by atoms with Crippen LogP contribution in [0.25, 0.3) is 0 Å². The van der Waals surface area contributed by atoms with Crippen molar-refractivity contribution in [1.82, 2.24) is 4.98 Å². The van der Waals surface area contributed by atoms with Gasteiger partial charge in [0.1, 0.15) is 0 Å². The Morgan fingerprint density at radius 1 is 1.21 bits per heavy atom. The van der Waals surface area contributed by atoms with Crippen molar-refractivity contribution in [2.24, 2.45) is 5.92 Å². The van der Waals surface area contributed by atoms with Crippen LogP contribution in [-0.2, 0) is 9.47 Å². The lowest BCUT2D eigenvalue weighted by atomic mass is 10.2. The lowest BCUT2D eigenvalue weighted by Crippen LogP contribution is -2.13. The highest BCUT2D eigenvalue weighted by Gasteiger charge is 2.16. The molecule has 19 heavy (non-hydrogen) atoms. The summed E-state index contributed by atoms with van der Waals surface area (Å²) in [6, 6.07) is 2.73. The first-order chi connectivity index (χ1) is 8.97. The van der Waals surface area contributed by atoms with Gasteiger partial charge in [-0.05, 0) is 12.0 Å². The zero-order valence-electron chi connectivity index (χ0n) is 11.4. The van der Waals surface area contributed by atoms with Crippen molar-refractivity contribution in [3.05, 3.63) is 23.4 Å². The van der Waals surface area contributed by atoms with Crippen LogP contribution in [0, 0.1) is 5.92 Å². The van der Waals surface area contributed by atoms with Gasteiger partial charge in [-0.2, -0.15) is 0 Å². The Balaban J connectivity index is 2.99. The molecule has 1 aromatic rings. The molecule has 0 amide bonds. The summed E-state index contributed by atoms with van der Waals surface area (Å²) in [5, 5.41) is 0. The minimum Gasteiger partial charge on any atom is -0.481 e. The molecule has 0 atom stereocenters. The van der Waals surface area contributed by atoms with Crippen molar-refractivity contribution in [2.75, 3.05) is 20.8 Å². The quantitative estimate of drug-likeness (QED) is 0.756. The molecule has 0 aromatic carbocycles. The second-order valence-corrected chi connectivity index (χ2v) is 4.27. The fraction of sp³-hybridized carbons (Fsp3) is 0.462. The molecule has 104 valence electrons. The van der Waals surface area contributed by atoms with Crippen molar-refractivity contribution in [2.45, 2.75) is 13.8 Å². The Morgan fingerprint density at radius 2 is 1.89 bits per heavy atom. The number of nitrogens with zero attached hydrogens (tertiary/aromatic N) is 1. The van der Waals surface area contributed by atoms with Crippen LogP contribution in [-0.4, -0.2) is 37.7 Å². The largest absolute Gasteiger partial charge is 0.481 e. The Bertz CT molecular complexity index is 470. The van der Waals surface area contributed by atoms with E-state index in [9.17, 15) is 9.59 Å². The minimum atomic E-state index is -0.642. The average molecular weight is 267 g/mol. The van der Waals surface area contributed by atoms with Crippen LogP contribution in [0.2, 0.25) is 0 Å². The molecule has 6 nitrogen and oxygen atoms in total. The van der Waals surface area contributed by atoms with E-state index in [0.29, 0.717) is 6.61 Å². The number of methoxy groups -OCH3 is 2. The van der Waals surface area contributed by atoms with Gasteiger partial charge in [0, 0.05) is 6.07 Å². The number of esters is 2. The molecule has 0 fully saturated rings. The van der Waals surface area contributed by atoms with E-state index in [-0.39, 0.29) is 23.1 Å². The first kappa shape index (κ1) is 14.9. The van der Waals surface area contributed by atoms with E-state index < -0.39 is 11.9 Å². The molecule has 0 radical (unpaired) electrons. The molecule has 1 heterocycles. The smallest absolute Gasteiger partial charge is 0.356 e. The first-order valence-corrected chi connectivity index (χ1v) is 5.79. The molecular formula is C13H17NO5. The maximum absolute atomic E-state index is 11.8. The zero-order chi connectivity index (χ0) is 14.4. The molecule has 0 spiro atoms. The summed E-state index contributed by atoms with van der Waals surface area (Å²) in [5.74, 6) is -0.788. The number of hydrogen-bond acceptors (Lipinski definition) is 6. The van der Waals surface area contributed by atoms with Crippen LogP contribution in [0.5, 0.6) is 5.88 Å². The normalized spacial score (nSPS) is 10.2. The summed E-state index contributed by atoms with van der Waals surface area (Å²) in [7, 11) is 2.63. The molecule has 0 aliphatic rings. The van der Waals surface area contributed by atoms with Gasteiger partial charge < -0.3 is 14.2 Å². The van der Waals surface area contributed by atoms with Gasteiger partial charge in [0.2, 0.25) is 5.88 Å². The van der Waals surface area contributed by atoms with Crippen molar-refractivity contribution in [3.63, 3.8) is 0 Å². The fourth-order valence-electron chi connectivity index (χ4n) is 1.26. The van der Waals surface area contributed by atoms with E-state index in [4.69, 9.17) is 9.47 Å². The van der Waals surface area contributed by atoms with Gasteiger partial charge in [0.25, 0.3) is 0 Å². The van der Waals surface area contributed by atoms with E-state index in [1.54, 1.807) is 0 Å². The number of hydrogen-bond donors (Lipinski definition) is 0. The second-order valence-electron chi connectivity index (χ2n) is 4.27. The van der Waals surface area contributed by atoms with Gasteiger partial charge in [-0.1, -0.05) is 13.8 Å². The van der Waals surface area contributed by atoms with Gasteiger partial charge in [0.05, 0.1) is 26.4 Å². The molecule has 6 heteroatoms. The van der Waals surface area contributed by atoms with Crippen LogP contribution in [0.4, 0.5) is 0 Å². The Morgan fingerprint density at radius 3 is 2.42 bits per heavy atom. The van der Waals surface area contributed by atoms with Gasteiger partial charge in [-0.3, -0.25) is 0 Å². The van der Waals surface area contributed by atoms with E-state index in [0.717, 1.165) is 0 Å². The molecule has 0 saturated carbocycles. The van der Waals surface area contributed by atoms with Crippen molar-refractivity contribution >= 4 is 11.9 Å².